The standard InChI is InChI=1S/C14H20N2O2/c1-10-4-3-8-16(9-7-10)12-6-2-5-11(13(12)15)14(17)18/h2,5-6,10H,3-4,7-9,15H2,1H3,(H,17,18). The van der Waals surface area contributed by atoms with Crippen molar-refractivity contribution in [1.82, 2.24) is 0 Å². The van der Waals surface area contributed by atoms with Crippen LogP contribution in [0.3, 0.4) is 0 Å². The number of nitrogens with zero attached hydrogens (tertiary/aromatic N) is 1. The smallest absolute Gasteiger partial charge is 0.337 e. The number of hydrogen-bond donors (Lipinski definition) is 2. The van der Waals surface area contributed by atoms with Gasteiger partial charge in [-0.25, -0.2) is 4.79 Å². The second-order valence-electron chi connectivity index (χ2n) is 5.07. The third-order valence-electron chi connectivity index (χ3n) is 3.67. The second-order valence-corrected chi connectivity index (χ2v) is 5.07. The van der Waals surface area contributed by atoms with Gasteiger partial charge >= 0.3 is 5.97 Å². The normalized spacial score (nSPS) is 20.5. The minimum absolute atomic E-state index is 0.199. The fourth-order valence-electron chi connectivity index (χ4n) is 2.52. The van der Waals surface area contributed by atoms with Crippen molar-refractivity contribution in [2.45, 2.75) is 26.2 Å². The molecule has 1 aromatic rings. The molecule has 0 radical (unpaired) electrons. The monoisotopic (exact) mass is 248 g/mol. The molecule has 0 bridgehead atoms. The summed E-state index contributed by atoms with van der Waals surface area (Å²) in [5.74, 6) is -0.226. The van der Waals surface area contributed by atoms with Gasteiger partial charge in [0.1, 0.15) is 0 Å². The molecule has 1 aliphatic heterocycles. The van der Waals surface area contributed by atoms with E-state index in [0.29, 0.717) is 5.69 Å². The van der Waals surface area contributed by atoms with Crippen LogP contribution < -0.4 is 10.6 Å². The van der Waals surface area contributed by atoms with Gasteiger partial charge in [0, 0.05) is 13.1 Å². The Balaban J connectivity index is 2.27. The van der Waals surface area contributed by atoms with E-state index in [-0.39, 0.29) is 5.56 Å². The van der Waals surface area contributed by atoms with Crippen molar-refractivity contribution < 1.29 is 9.90 Å². The number of nitrogen functional groups attached to an aromatic ring is 1. The van der Waals surface area contributed by atoms with E-state index >= 15 is 0 Å². The van der Waals surface area contributed by atoms with Gasteiger partial charge in [-0.1, -0.05) is 13.0 Å². The molecule has 1 saturated heterocycles. The van der Waals surface area contributed by atoms with Gasteiger partial charge in [-0.05, 0) is 37.3 Å². The van der Waals surface area contributed by atoms with Crippen LogP contribution >= 0.6 is 0 Å². The molecular weight excluding hydrogens is 228 g/mol. The first-order valence-corrected chi connectivity index (χ1v) is 6.46. The van der Waals surface area contributed by atoms with Crippen molar-refractivity contribution in [3.8, 4) is 0 Å². The minimum Gasteiger partial charge on any atom is -0.478 e. The van der Waals surface area contributed by atoms with E-state index in [0.717, 1.165) is 37.5 Å². The van der Waals surface area contributed by atoms with Crippen LogP contribution in [-0.2, 0) is 0 Å². The molecule has 98 valence electrons. The molecule has 2 rings (SSSR count). The summed E-state index contributed by atoms with van der Waals surface area (Å²) in [7, 11) is 0. The topological polar surface area (TPSA) is 66.6 Å². The molecule has 0 spiro atoms. The summed E-state index contributed by atoms with van der Waals surface area (Å²) in [6, 6.07) is 5.24. The highest BCUT2D eigenvalue weighted by Crippen LogP contribution is 2.29. The van der Waals surface area contributed by atoms with Gasteiger partial charge in [-0.15, -0.1) is 0 Å². The van der Waals surface area contributed by atoms with Crippen LogP contribution in [0.2, 0.25) is 0 Å². The lowest BCUT2D eigenvalue weighted by atomic mass is 10.0. The van der Waals surface area contributed by atoms with E-state index in [9.17, 15) is 4.79 Å². The lowest BCUT2D eigenvalue weighted by Gasteiger charge is -2.25. The Hall–Kier alpha value is -1.71. The number of aromatic carboxylic acids is 1. The molecule has 0 saturated carbocycles. The Morgan fingerprint density at radius 1 is 1.39 bits per heavy atom. The summed E-state index contributed by atoms with van der Waals surface area (Å²) in [6.45, 7) is 4.17. The van der Waals surface area contributed by atoms with Gasteiger partial charge in [0.25, 0.3) is 0 Å². The van der Waals surface area contributed by atoms with Crippen molar-refractivity contribution in [2.24, 2.45) is 5.92 Å². The molecule has 4 heteroatoms. The SMILES string of the molecule is CC1CCCN(c2cccc(C(=O)O)c2N)CC1. The predicted octanol–water partition coefficient (Wildman–Crippen LogP) is 2.59. The number of carboxylic acids is 1. The highest BCUT2D eigenvalue weighted by atomic mass is 16.4. The van der Waals surface area contributed by atoms with Gasteiger partial charge in [0.2, 0.25) is 0 Å². The summed E-state index contributed by atoms with van der Waals surface area (Å²) < 4.78 is 0. The summed E-state index contributed by atoms with van der Waals surface area (Å²) in [4.78, 5) is 13.3. The van der Waals surface area contributed by atoms with Crippen LogP contribution in [0, 0.1) is 5.92 Å². The molecule has 1 atom stereocenters. The molecule has 1 unspecified atom stereocenters. The summed E-state index contributed by atoms with van der Waals surface area (Å²) >= 11 is 0. The number of anilines is 2. The Kier molecular flexibility index (Phi) is 3.75. The van der Waals surface area contributed by atoms with Gasteiger partial charge in [0.15, 0.2) is 0 Å². The number of benzene rings is 1. The lowest BCUT2D eigenvalue weighted by molar-refractivity contribution is 0.0698. The average Bonchev–Trinajstić information content (AvgIpc) is 2.54. The first kappa shape index (κ1) is 12.7. The minimum atomic E-state index is -0.961. The zero-order valence-electron chi connectivity index (χ0n) is 10.7. The number of rotatable bonds is 2. The third kappa shape index (κ3) is 2.58. The summed E-state index contributed by atoms with van der Waals surface area (Å²) in [6.07, 6.45) is 3.50. The molecule has 0 aliphatic carbocycles. The molecule has 1 fully saturated rings. The van der Waals surface area contributed by atoms with Crippen LogP contribution in [0.5, 0.6) is 0 Å². The van der Waals surface area contributed by atoms with Gasteiger partial charge < -0.3 is 15.7 Å². The molecule has 1 heterocycles. The summed E-state index contributed by atoms with van der Waals surface area (Å²) in [5, 5.41) is 9.09. The fourth-order valence-corrected chi connectivity index (χ4v) is 2.52. The van der Waals surface area contributed by atoms with Gasteiger partial charge in [0.05, 0.1) is 16.9 Å². The van der Waals surface area contributed by atoms with E-state index in [4.69, 9.17) is 10.8 Å². The van der Waals surface area contributed by atoms with Crippen LogP contribution in [0.15, 0.2) is 18.2 Å². The van der Waals surface area contributed by atoms with Gasteiger partial charge in [-0.3, -0.25) is 0 Å². The maximum atomic E-state index is 11.1. The van der Waals surface area contributed by atoms with Crippen LogP contribution in [0.25, 0.3) is 0 Å². The first-order valence-electron chi connectivity index (χ1n) is 6.46. The van der Waals surface area contributed by atoms with E-state index < -0.39 is 5.97 Å². The van der Waals surface area contributed by atoms with Crippen molar-refractivity contribution in [2.75, 3.05) is 23.7 Å². The quantitative estimate of drug-likeness (QED) is 0.789. The Labute approximate surface area is 107 Å². The Morgan fingerprint density at radius 2 is 2.17 bits per heavy atom. The van der Waals surface area contributed by atoms with E-state index in [1.807, 2.05) is 6.07 Å². The zero-order chi connectivity index (χ0) is 13.1. The van der Waals surface area contributed by atoms with Gasteiger partial charge in [-0.2, -0.15) is 0 Å². The number of carboxylic acid groups (broad SMARTS) is 1. The van der Waals surface area contributed by atoms with Crippen molar-refractivity contribution in [3.63, 3.8) is 0 Å². The van der Waals surface area contributed by atoms with E-state index in [1.165, 1.54) is 6.42 Å². The number of nitrogens with two attached hydrogens (primary N) is 1. The van der Waals surface area contributed by atoms with E-state index in [1.54, 1.807) is 12.1 Å². The van der Waals surface area contributed by atoms with E-state index in [2.05, 4.69) is 11.8 Å². The predicted molar refractivity (Wildman–Crippen MR) is 73.0 cm³/mol. The molecule has 18 heavy (non-hydrogen) atoms. The number of carbonyl (C=O) groups is 1. The molecule has 3 N–H and O–H groups in total. The second kappa shape index (κ2) is 5.29. The van der Waals surface area contributed by atoms with Crippen molar-refractivity contribution in [3.05, 3.63) is 23.8 Å². The summed E-state index contributed by atoms with van der Waals surface area (Å²) in [5.41, 5.74) is 7.43. The number of hydrogen-bond acceptors (Lipinski definition) is 3. The van der Waals surface area contributed by atoms with Crippen LogP contribution in [0.1, 0.15) is 36.5 Å². The van der Waals surface area contributed by atoms with Crippen molar-refractivity contribution >= 4 is 17.3 Å². The highest BCUT2D eigenvalue weighted by Gasteiger charge is 2.18. The van der Waals surface area contributed by atoms with Crippen LogP contribution in [-0.4, -0.2) is 24.2 Å². The maximum Gasteiger partial charge on any atom is 0.337 e. The lowest BCUT2D eigenvalue weighted by Crippen LogP contribution is -2.25. The molecule has 1 aliphatic rings. The molecular formula is C14H20N2O2. The first-order chi connectivity index (χ1) is 8.59. The zero-order valence-corrected chi connectivity index (χ0v) is 10.7. The highest BCUT2D eigenvalue weighted by molar-refractivity contribution is 5.97. The Morgan fingerprint density at radius 3 is 2.89 bits per heavy atom. The maximum absolute atomic E-state index is 11.1. The Bertz CT molecular complexity index is 445. The largest absolute Gasteiger partial charge is 0.478 e. The molecule has 1 aromatic carbocycles. The molecule has 4 nitrogen and oxygen atoms in total. The third-order valence-corrected chi connectivity index (χ3v) is 3.67. The molecule has 0 amide bonds. The van der Waals surface area contributed by atoms with Crippen LogP contribution in [0.4, 0.5) is 11.4 Å². The average molecular weight is 248 g/mol. The number of para-hydroxylation sites is 1. The van der Waals surface area contributed by atoms with Crippen molar-refractivity contribution in [1.29, 1.82) is 0 Å². The molecule has 0 aromatic heterocycles. The fraction of sp³-hybridized carbons (Fsp3) is 0.500.